The van der Waals surface area contributed by atoms with Gasteiger partial charge in [-0.05, 0) is 31.4 Å². The number of fused-ring (bicyclic) bond motifs is 1. The monoisotopic (exact) mass is 449 g/mol. The molecular weight excluding hydrogens is 430 g/mol. The highest BCUT2D eigenvalue weighted by molar-refractivity contribution is 7.99. The lowest BCUT2D eigenvalue weighted by atomic mass is 10.1. The van der Waals surface area contributed by atoms with E-state index in [1.54, 1.807) is 0 Å². The summed E-state index contributed by atoms with van der Waals surface area (Å²) in [5, 5.41) is 8.58. The van der Waals surface area contributed by atoms with Gasteiger partial charge in [0.15, 0.2) is 10.3 Å². The molecule has 0 unspecified atom stereocenters. The standard InChI is InChI=1S/C22H19N5O2S2/c1-13-10-14(2)25-22(24-13)30-12-19(28)27-21-23-11-18(31-21)20(29)26-17-9-5-7-15-6-3-4-8-16(15)17/h3-11H,12H2,1-2H3,(H,26,29)(H,23,27,28). The van der Waals surface area contributed by atoms with Crippen LogP contribution in [0.5, 0.6) is 0 Å². The third kappa shape index (κ3) is 5.25. The van der Waals surface area contributed by atoms with Gasteiger partial charge in [-0.2, -0.15) is 0 Å². The lowest BCUT2D eigenvalue weighted by Gasteiger charge is -2.07. The van der Waals surface area contributed by atoms with Crippen LogP contribution in [0.15, 0.2) is 59.9 Å². The van der Waals surface area contributed by atoms with Crippen LogP contribution in [0.25, 0.3) is 10.8 Å². The van der Waals surface area contributed by atoms with E-state index < -0.39 is 0 Å². The molecule has 2 amide bonds. The number of nitrogens with zero attached hydrogens (tertiary/aromatic N) is 3. The van der Waals surface area contributed by atoms with Crippen molar-refractivity contribution in [3.8, 4) is 0 Å². The highest BCUT2D eigenvalue weighted by Gasteiger charge is 2.14. The van der Waals surface area contributed by atoms with Crippen molar-refractivity contribution >= 4 is 56.5 Å². The molecule has 2 aromatic heterocycles. The number of rotatable bonds is 6. The zero-order valence-corrected chi connectivity index (χ0v) is 18.5. The molecule has 0 saturated carbocycles. The third-order valence-corrected chi connectivity index (χ3v) is 6.07. The van der Waals surface area contributed by atoms with Gasteiger partial charge in [0, 0.05) is 22.5 Å². The lowest BCUT2D eigenvalue weighted by Crippen LogP contribution is -2.14. The Morgan fingerprint density at radius 1 is 1.00 bits per heavy atom. The van der Waals surface area contributed by atoms with Crippen molar-refractivity contribution in [3.05, 3.63) is 71.0 Å². The second-order valence-corrected chi connectivity index (χ2v) is 8.75. The average Bonchev–Trinajstić information content (AvgIpc) is 3.20. The maximum Gasteiger partial charge on any atom is 0.267 e. The number of carbonyl (C=O) groups is 2. The maximum absolute atomic E-state index is 12.7. The summed E-state index contributed by atoms with van der Waals surface area (Å²) in [6, 6.07) is 15.5. The van der Waals surface area contributed by atoms with Gasteiger partial charge >= 0.3 is 0 Å². The molecule has 0 spiro atoms. The molecule has 156 valence electrons. The van der Waals surface area contributed by atoms with Crippen LogP contribution in [-0.4, -0.2) is 32.5 Å². The number of thiazole rings is 1. The SMILES string of the molecule is Cc1cc(C)nc(SCC(=O)Nc2ncc(C(=O)Nc3cccc4ccccc34)s2)n1. The zero-order chi connectivity index (χ0) is 21.8. The van der Waals surface area contributed by atoms with E-state index in [2.05, 4.69) is 25.6 Å². The van der Waals surface area contributed by atoms with Gasteiger partial charge in [-0.1, -0.05) is 59.5 Å². The fraction of sp³-hybridized carbons (Fsp3) is 0.136. The van der Waals surface area contributed by atoms with Gasteiger partial charge in [0.05, 0.1) is 11.9 Å². The Kier molecular flexibility index (Phi) is 6.24. The van der Waals surface area contributed by atoms with E-state index in [1.807, 2.05) is 62.4 Å². The number of aryl methyl sites for hydroxylation is 2. The molecule has 4 rings (SSSR count). The Balaban J connectivity index is 1.37. The molecule has 4 aromatic rings. The number of thioether (sulfide) groups is 1. The van der Waals surface area contributed by atoms with Gasteiger partial charge < -0.3 is 10.6 Å². The summed E-state index contributed by atoms with van der Waals surface area (Å²) in [6.45, 7) is 3.78. The third-order valence-electron chi connectivity index (χ3n) is 4.31. The molecule has 0 aliphatic rings. The van der Waals surface area contributed by atoms with E-state index in [9.17, 15) is 9.59 Å². The first-order chi connectivity index (χ1) is 15.0. The van der Waals surface area contributed by atoms with Crippen LogP contribution >= 0.6 is 23.1 Å². The quantitative estimate of drug-likeness (QED) is 0.328. The molecule has 0 atom stereocenters. The summed E-state index contributed by atoms with van der Waals surface area (Å²) >= 11 is 2.38. The van der Waals surface area contributed by atoms with Gasteiger partial charge in [0.2, 0.25) is 5.91 Å². The summed E-state index contributed by atoms with van der Waals surface area (Å²) in [7, 11) is 0. The Morgan fingerprint density at radius 3 is 2.55 bits per heavy atom. The minimum atomic E-state index is -0.271. The van der Waals surface area contributed by atoms with Crippen molar-refractivity contribution in [1.29, 1.82) is 0 Å². The number of carbonyl (C=O) groups excluding carboxylic acids is 2. The van der Waals surface area contributed by atoms with Crippen molar-refractivity contribution < 1.29 is 9.59 Å². The predicted octanol–water partition coefficient (Wildman–Crippen LogP) is 4.69. The van der Waals surface area contributed by atoms with Gasteiger partial charge in [-0.15, -0.1) is 0 Å². The fourth-order valence-corrected chi connectivity index (χ4v) is 4.48. The molecule has 2 N–H and O–H groups in total. The second kappa shape index (κ2) is 9.23. The summed E-state index contributed by atoms with van der Waals surface area (Å²) in [5.41, 5.74) is 2.45. The van der Waals surface area contributed by atoms with Crippen molar-refractivity contribution in [2.24, 2.45) is 0 Å². The Morgan fingerprint density at radius 2 is 1.74 bits per heavy atom. The Hall–Kier alpha value is -3.30. The Labute approximate surface area is 187 Å². The number of benzene rings is 2. The molecule has 0 fully saturated rings. The van der Waals surface area contributed by atoms with E-state index >= 15 is 0 Å². The van der Waals surface area contributed by atoms with Crippen molar-refractivity contribution in [1.82, 2.24) is 15.0 Å². The highest BCUT2D eigenvalue weighted by atomic mass is 32.2. The molecular formula is C22H19N5O2S2. The fourth-order valence-electron chi connectivity index (χ4n) is 3.00. The van der Waals surface area contributed by atoms with Gasteiger partial charge in [-0.25, -0.2) is 15.0 Å². The molecule has 0 radical (unpaired) electrons. The maximum atomic E-state index is 12.7. The van der Waals surface area contributed by atoms with Crippen LogP contribution in [0.1, 0.15) is 21.1 Å². The predicted molar refractivity (Wildman–Crippen MR) is 125 cm³/mol. The molecule has 2 heterocycles. The highest BCUT2D eigenvalue weighted by Crippen LogP contribution is 2.25. The molecule has 0 aliphatic heterocycles. The number of nitrogens with one attached hydrogen (secondary N) is 2. The van der Waals surface area contributed by atoms with Crippen LogP contribution in [0, 0.1) is 13.8 Å². The smallest absolute Gasteiger partial charge is 0.267 e. The van der Waals surface area contributed by atoms with Crippen molar-refractivity contribution in [2.75, 3.05) is 16.4 Å². The zero-order valence-electron chi connectivity index (χ0n) is 16.9. The van der Waals surface area contributed by atoms with Crippen LogP contribution in [0.3, 0.4) is 0 Å². The first-order valence-electron chi connectivity index (χ1n) is 9.48. The van der Waals surface area contributed by atoms with E-state index in [1.165, 1.54) is 18.0 Å². The molecule has 7 nitrogen and oxygen atoms in total. The van der Waals surface area contributed by atoms with Crippen molar-refractivity contribution in [2.45, 2.75) is 19.0 Å². The molecule has 0 bridgehead atoms. The summed E-state index contributed by atoms with van der Waals surface area (Å²) in [6.07, 6.45) is 1.46. The van der Waals surface area contributed by atoms with Crippen molar-refractivity contribution in [3.63, 3.8) is 0 Å². The Bertz CT molecular complexity index is 1250. The van der Waals surface area contributed by atoms with E-state index in [0.717, 1.165) is 39.2 Å². The molecule has 2 aromatic carbocycles. The average molecular weight is 450 g/mol. The first kappa shape index (κ1) is 21.0. The number of hydrogen-bond acceptors (Lipinski definition) is 7. The molecule has 9 heteroatoms. The minimum Gasteiger partial charge on any atom is -0.321 e. The number of amides is 2. The van der Waals surface area contributed by atoms with E-state index in [0.29, 0.717) is 15.2 Å². The second-order valence-electron chi connectivity index (χ2n) is 6.78. The largest absolute Gasteiger partial charge is 0.321 e. The normalized spacial score (nSPS) is 10.8. The van der Waals surface area contributed by atoms with Crippen LogP contribution in [0.4, 0.5) is 10.8 Å². The molecule has 0 saturated heterocycles. The van der Waals surface area contributed by atoms with Crippen LogP contribution in [-0.2, 0) is 4.79 Å². The number of hydrogen-bond donors (Lipinski definition) is 2. The first-order valence-corrected chi connectivity index (χ1v) is 11.3. The summed E-state index contributed by atoms with van der Waals surface area (Å²) in [5.74, 6) is -0.351. The molecule has 31 heavy (non-hydrogen) atoms. The summed E-state index contributed by atoms with van der Waals surface area (Å²) < 4.78 is 0. The number of anilines is 2. The van der Waals surface area contributed by atoms with Gasteiger partial charge in [-0.3, -0.25) is 9.59 Å². The molecule has 0 aliphatic carbocycles. The topological polar surface area (TPSA) is 96.9 Å². The van der Waals surface area contributed by atoms with Crippen LogP contribution < -0.4 is 10.6 Å². The summed E-state index contributed by atoms with van der Waals surface area (Å²) in [4.78, 5) is 38.1. The number of aromatic nitrogens is 3. The van der Waals surface area contributed by atoms with Crippen LogP contribution in [0.2, 0.25) is 0 Å². The minimum absolute atomic E-state index is 0.153. The van der Waals surface area contributed by atoms with Gasteiger partial charge in [0.25, 0.3) is 5.91 Å². The lowest BCUT2D eigenvalue weighted by molar-refractivity contribution is -0.113. The van der Waals surface area contributed by atoms with Gasteiger partial charge in [0.1, 0.15) is 4.88 Å². The van der Waals surface area contributed by atoms with E-state index in [4.69, 9.17) is 0 Å². The van der Waals surface area contributed by atoms with E-state index in [-0.39, 0.29) is 17.6 Å².